The van der Waals surface area contributed by atoms with Crippen molar-refractivity contribution >= 4 is 0 Å². The summed E-state index contributed by atoms with van der Waals surface area (Å²) < 4.78 is 7.91. The summed E-state index contributed by atoms with van der Waals surface area (Å²) in [6.07, 6.45) is 4.15. The van der Waals surface area contributed by atoms with E-state index in [9.17, 15) is 0 Å². The number of para-hydroxylation sites is 1. The van der Waals surface area contributed by atoms with E-state index >= 15 is 0 Å². The van der Waals surface area contributed by atoms with Gasteiger partial charge in [-0.25, -0.2) is 4.57 Å². The minimum Gasteiger partial charge on any atom is -0.489 e. The number of ether oxygens (including phenoxy) is 1. The van der Waals surface area contributed by atoms with Gasteiger partial charge in [-0.2, -0.15) is 0 Å². The molecule has 1 aromatic heterocycles. The second kappa shape index (κ2) is 6.71. The van der Waals surface area contributed by atoms with Gasteiger partial charge in [-0.3, -0.25) is 0 Å². The molecule has 0 unspecified atom stereocenters. The molecule has 0 amide bonds. The fraction of sp³-hybridized carbons (Fsp3) is 0.105. The lowest BCUT2D eigenvalue weighted by atomic mass is 10.1. The smallest absolute Gasteiger partial charge is 0.173 e. The van der Waals surface area contributed by atoms with Crippen LogP contribution in [-0.2, 0) is 13.2 Å². The summed E-state index contributed by atoms with van der Waals surface area (Å²) in [6, 6.07) is 24.6. The predicted octanol–water partition coefficient (Wildman–Crippen LogP) is 3.60. The van der Waals surface area contributed by atoms with Crippen molar-refractivity contribution in [2.45, 2.75) is 13.2 Å². The number of hydrogen-bond acceptors (Lipinski definition) is 1. The highest BCUT2D eigenvalue weighted by atomic mass is 16.5. The molecule has 0 spiro atoms. The van der Waals surface area contributed by atoms with Gasteiger partial charge in [0, 0.05) is 17.7 Å². The van der Waals surface area contributed by atoms with Gasteiger partial charge in [0.2, 0.25) is 0 Å². The topological polar surface area (TPSA) is 13.1 Å². The molecule has 0 fully saturated rings. The summed E-state index contributed by atoms with van der Waals surface area (Å²) in [6.45, 7) is 1.49. The summed E-state index contributed by atoms with van der Waals surface area (Å²) in [5, 5.41) is 0. The van der Waals surface area contributed by atoms with Crippen LogP contribution in [0.1, 0.15) is 11.1 Å². The maximum Gasteiger partial charge on any atom is 0.173 e. The van der Waals surface area contributed by atoms with Crippen molar-refractivity contribution in [1.82, 2.24) is 0 Å². The maximum absolute atomic E-state index is 5.74. The lowest BCUT2D eigenvalue weighted by molar-refractivity contribution is -0.688. The molecule has 0 radical (unpaired) electrons. The minimum atomic E-state index is 0.600. The second-order valence-corrected chi connectivity index (χ2v) is 4.97. The molecule has 0 bridgehead atoms. The Hall–Kier alpha value is -2.61. The molecular formula is C19H18NO+. The first-order valence-corrected chi connectivity index (χ1v) is 7.10. The van der Waals surface area contributed by atoms with Crippen LogP contribution in [-0.4, -0.2) is 0 Å². The Balaban J connectivity index is 1.59. The first-order valence-electron chi connectivity index (χ1n) is 7.10. The van der Waals surface area contributed by atoms with Gasteiger partial charge in [-0.15, -0.1) is 0 Å². The first kappa shape index (κ1) is 13.4. The lowest BCUT2D eigenvalue weighted by Gasteiger charge is -2.06. The third-order valence-corrected chi connectivity index (χ3v) is 3.31. The maximum atomic E-state index is 5.74. The van der Waals surface area contributed by atoms with Crippen LogP contribution in [0.4, 0.5) is 0 Å². The SMILES string of the molecule is c1ccc(OCc2ccc(C[n+]3ccccc3)cc2)cc1. The lowest BCUT2D eigenvalue weighted by Crippen LogP contribution is -2.32. The molecule has 0 saturated carbocycles. The van der Waals surface area contributed by atoms with Gasteiger partial charge >= 0.3 is 0 Å². The standard InChI is InChI=1S/C19H18NO/c1-3-7-19(8-4-1)21-16-18-11-9-17(10-12-18)15-20-13-5-2-6-14-20/h1-14H,15-16H2/q+1. The first-order chi connectivity index (χ1) is 10.4. The van der Waals surface area contributed by atoms with Gasteiger partial charge in [0.05, 0.1) is 0 Å². The average Bonchev–Trinajstić information content (AvgIpc) is 2.56. The summed E-state index contributed by atoms with van der Waals surface area (Å²) in [5.41, 5.74) is 2.47. The Morgan fingerprint density at radius 3 is 2.00 bits per heavy atom. The molecule has 0 aliphatic heterocycles. The van der Waals surface area contributed by atoms with Crippen molar-refractivity contribution in [1.29, 1.82) is 0 Å². The number of hydrogen-bond donors (Lipinski definition) is 0. The molecule has 0 atom stereocenters. The largest absolute Gasteiger partial charge is 0.489 e. The molecule has 2 heteroatoms. The Morgan fingerprint density at radius 2 is 1.29 bits per heavy atom. The minimum absolute atomic E-state index is 0.600. The monoisotopic (exact) mass is 276 g/mol. The van der Waals surface area contributed by atoms with E-state index in [0.717, 1.165) is 12.3 Å². The van der Waals surface area contributed by atoms with E-state index < -0.39 is 0 Å². The van der Waals surface area contributed by atoms with E-state index in [4.69, 9.17) is 4.74 Å². The van der Waals surface area contributed by atoms with Gasteiger partial charge < -0.3 is 4.74 Å². The third-order valence-electron chi connectivity index (χ3n) is 3.31. The van der Waals surface area contributed by atoms with Crippen LogP contribution in [0.15, 0.2) is 85.2 Å². The molecule has 2 nitrogen and oxygen atoms in total. The molecule has 21 heavy (non-hydrogen) atoms. The highest BCUT2D eigenvalue weighted by molar-refractivity contribution is 5.24. The van der Waals surface area contributed by atoms with Crippen LogP contribution in [0.3, 0.4) is 0 Å². The number of pyridine rings is 1. The normalized spacial score (nSPS) is 10.3. The van der Waals surface area contributed by atoms with Crippen LogP contribution in [0.25, 0.3) is 0 Å². The molecule has 104 valence electrons. The zero-order chi connectivity index (χ0) is 14.3. The van der Waals surface area contributed by atoms with Gasteiger partial charge in [-0.1, -0.05) is 48.5 Å². The third kappa shape index (κ3) is 3.93. The van der Waals surface area contributed by atoms with Crippen molar-refractivity contribution < 1.29 is 9.30 Å². The molecule has 1 heterocycles. The fourth-order valence-corrected chi connectivity index (χ4v) is 2.17. The Morgan fingerprint density at radius 1 is 0.667 bits per heavy atom. The van der Waals surface area contributed by atoms with Crippen molar-refractivity contribution in [3.05, 3.63) is 96.3 Å². The second-order valence-electron chi connectivity index (χ2n) is 4.97. The van der Waals surface area contributed by atoms with Crippen LogP contribution in [0.5, 0.6) is 5.75 Å². The highest BCUT2D eigenvalue weighted by Gasteiger charge is 2.02. The van der Waals surface area contributed by atoms with Crippen molar-refractivity contribution in [3.8, 4) is 5.75 Å². The Bertz CT molecular complexity index is 663. The number of nitrogens with zero attached hydrogens (tertiary/aromatic N) is 1. The van der Waals surface area contributed by atoms with Gasteiger partial charge in [0.25, 0.3) is 0 Å². The van der Waals surface area contributed by atoms with Crippen LogP contribution in [0, 0.1) is 0 Å². The molecule has 0 aliphatic rings. The molecular weight excluding hydrogens is 258 g/mol. The zero-order valence-corrected chi connectivity index (χ0v) is 11.9. The van der Waals surface area contributed by atoms with Crippen LogP contribution >= 0.6 is 0 Å². The van der Waals surface area contributed by atoms with E-state index in [1.54, 1.807) is 0 Å². The van der Waals surface area contributed by atoms with Crippen molar-refractivity contribution in [2.24, 2.45) is 0 Å². The van der Waals surface area contributed by atoms with Gasteiger partial charge in [0.15, 0.2) is 18.9 Å². The quantitative estimate of drug-likeness (QED) is 0.649. The zero-order valence-electron chi connectivity index (χ0n) is 11.9. The van der Waals surface area contributed by atoms with Gasteiger partial charge in [0.1, 0.15) is 12.4 Å². The van der Waals surface area contributed by atoms with E-state index in [-0.39, 0.29) is 0 Å². The molecule has 0 aliphatic carbocycles. The number of aromatic nitrogens is 1. The fourth-order valence-electron chi connectivity index (χ4n) is 2.17. The van der Waals surface area contributed by atoms with E-state index in [2.05, 4.69) is 41.2 Å². The molecule has 0 N–H and O–H groups in total. The van der Waals surface area contributed by atoms with E-state index in [1.165, 1.54) is 11.1 Å². The van der Waals surface area contributed by atoms with Crippen LogP contribution in [0.2, 0.25) is 0 Å². The predicted molar refractivity (Wildman–Crippen MR) is 83.0 cm³/mol. The van der Waals surface area contributed by atoms with E-state index in [0.29, 0.717) is 6.61 Å². The van der Waals surface area contributed by atoms with Crippen molar-refractivity contribution in [3.63, 3.8) is 0 Å². The van der Waals surface area contributed by atoms with E-state index in [1.807, 2.05) is 48.5 Å². The molecule has 3 aromatic rings. The summed E-state index contributed by atoms with van der Waals surface area (Å²) in [5.74, 6) is 0.904. The molecule has 3 rings (SSSR count). The number of rotatable bonds is 5. The summed E-state index contributed by atoms with van der Waals surface area (Å²) >= 11 is 0. The molecule has 0 saturated heterocycles. The van der Waals surface area contributed by atoms with Gasteiger partial charge in [-0.05, 0) is 17.7 Å². The highest BCUT2D eigenvalue weighted by Crippen LogP contribution is 2.12. The summed E-state index contributed by atoms with van der Waals surface area (Å²) in [4.78, 5) is 0. The number of benzene rings is 2. The molecule has 2 aromatic carbocycles. The Labute approximate surface area is 125 Å². The van der Waals surface area contributed by atoms with Crippen LogP contribution < -0.4 is 9.30 Å². The van der Waals surface area contributed by atoms with Crippen molar-refractivity contribution in [2.75, 3.05) is 0 Å². The Kier molecular flexibility index (Phi) is 4.27. The summed E-state index contributed by atoms with van der Waals surface area (Å²) in [7, 11) is 0. The average molecular weight is 276 g/mol.